The normalized spacial score (nSPS) is 10.6. The number of amides is 1. The first-order valence-electron chi connectivity index (χ1n) is 9.38. The molecule has 0 fully saturated rings. The van der Waals surface area contributed by atoms with Gasteiger partial charge in [-0.2, -0.15) is 0 Å². The Morgan fingerprint density at radius 3 is 2.39 bits per heavy atom. The van der Waals surface area contributed by atoms with Crippen LogP contribution in [0.15, 0.2) is 42.5 Å². The summed E-state index contributed by atoms with van der Waals surface area (Å²) in [4.78, 5) is 14.5. The SMILES string of the molecule is CCN(CC)CCNC(=O)c1ccc(NC(=S)Nc2cccc(F)c2C)cc1. The lowest BCUT2D eigenvalue weighted by Gasteiger charge is -2.18. The minimum atomic E-state index is -0.288. The Morgan fingerprint density at radius 2 is 1.75 bits per heavy atom. The third-order valence-electron chi connectivity index (χ3n) is 4.53. The molecule has 2 rings (SSSR count). The average molecular weight is 403 g/mol. The minimum Gasteiger partial charge on any atom is -0.351 e. The van der Waals surface area contributed by atoms with Gasteiger partial charge in [0.25, 0.3) is 5.91 Å². The van der Waals surface area contributed by atoms with Gasteiger partial charge in [0.05, 0.1) is 0 Å². The van der Waals surface area contributed by atoms with E-state index in [2.05, 4.69) is 34.7 Å². The molecule has 2 aromatic rings. The molecule has 150 valence electrons. The maximum Gasteiger partial charge on any atom is 0.251 e. The second-order valence-corrected chi connectivity index (χ2v) is 6.76. The molecule has 0 spiro atoms. The van der Waals surface area contributed by atoms with Crippen molar-refractivity contribution in [3.8, 4) is 0 Å². The molecule has 0 aromatic heterocycles. The molecule has 3 N–H and O–H groups in total. The smallest absolute Gasteiger partial charge is 0.251 e. The number of anilines is 2. The number of benzene rings is 2. The van der Waals surface area contributed by atoms with Crippen molar-refractivity contribution < 1.29 is 9.18 Å². The van der Waals surface area contributed by atoms with Gasteiger partial charge in [0.2, 0.25) is 0 Å². The first-order chi connectivity index (χ1) is 13.4. The number of hydrogen-bond donors (Lipinski definition) is 3. The highest BCUT2D eigenvalue weighted by molar-refractivity contribution is 7.80. The third kappa shape index (κ3) is 6.28. The molecular weight excluding hydrogens is 375 g/mol. The Labute approximate surface area is 171 Å². The molecule has 7 heteroatoms. The Hall–Kier alpha value is -2.51. The third-order valence-corrected chi connectivity index (χ3v) is 4.73. The van der Waals surface area contributed by atoms with Gasteiger partial charge in [0, 0.05) is 35.6 Å². The molecule has 0 bridgehead atoms. The lowest BCUT2D eigenvalue weighted by molar-refractivity contribution is 0.0949. The molecule has 0 atom stereocenters. The van der Waals surface area contributed by atoms with Crippen molar-refractivity contribution in [2.45, 2.75) is 20.8 Å². The fourth-order valence-electron chi connectivity index (χ4n) is 2.70. The zero-order valence-electron chi connectivity index (χ0n) is 16.5. The van der Waals surface area contributed by atoms with E-state index in [1.807, 2.05) is 0 Å². The predicted octanol–water partition coefficient (Wildman–Crippen LogP) is 4.01. The summed E-state index contributed by atoms with van der Waals surface area (Å²) in [6.07, 6.45) is 0. The minimum absolute atomic E-state index is 0.102. The van der Waals surface area contributed by atoms with Gasteiger partial charge in [0.15, 0.2) is 5.11 Å². The Morgan fingerprint density at radius 1 is 1.07 bits per heavy atom. The Bertz CT molecular complexity index is 807. The molecule has 0 aliphatic carbocycles. The Balaban J connectivity index is 1.87. The van der Waals surface area contributed by atoms with E-state index < -0.39 is 0 Å². The number of carbonyl (C=O) groups excluding carboxylic acids is 1. The van der Waals surface area contributed by atoms with Crippen LogP contribution < -0.4 is 16.0 Å². The molecule has 0 saturated heterocycles. The van der Waals surface area contributed by atoms with Gasteiger partial charge in [-0.1, -0.05) is 19.9 Å². The number of nitrogens with one attached hydrogen (secondary N) is 3. The van der Waals surface area contributed by atoms with Gasteiger partial charge in [-0.25, -0.2) is 4.39 Å². The van der Waals surface area contributed by atoms with Crippen LogP contribution in [0.3, 0.4) is 0 Å². The topological polar surface area (TPSA) is 56.4 Å². The number of nitrogens with zero attached hydrogens (tertiary/aromatic N) is 1. The fraction of sp³-hybridized carbons (Fsp3) is 0.333. The van der Waals surface area contributed by atoms with Crippen molar-refractivity contribution in [2.75, 3.05) is 36.8 Å². The van der Waals surface area contributed by atoms with Crippen molar-refractivity contribution in [1.82, 2.24) is 10.2 Å². The summed E-state index contributed by atoms with van der Waals surface area (Å²) < 4.78 is 13.6. The zero-order chi connectivity index (χ0) is 20.5. The van der Waals surface area contributed by atoms with Gasteiger partial charge in [-0.15, -0.1) is 0 Å². The first-order valence-corrected chi connectivity index (χ1v) is 9.79. The molecule has 0 aliphatic rings. The number of thiocarbonyl (C=S) groups is 1. The lowest BCUT2D eigenvalue weighted by Crippen LogP contribution is -2.34. The second kappa shape index (κ2) is 10.7. The molecule has 0 saturated carbocycles. The van der Waals surface area contributed by atoms with Crippen LogP contribution in [0.4, 0.5) is 15.8 Å². The largest absolute Gasteiger partial charge is 0.351 e. The van der Waals surface area contributed by atoms with E-state index in [0.717, 1.165) is 25.3 Å². The van der Waals surface area contributed by atoms with Gasteiger partial charge in [-0.05, 0) is 68.6 Å². The number of carbonyl (C=O) groups is 1. The van der Waals surface area contributed by atoms with E-state index >= 15 is 0 Å². The molecule has 2 aromatic carbocycles. The molecular formula is C21H27FN4OS. The number of halogens is 1. The summed E-state index contributed by atoms with van der Waals surface area (Å²) in [5.41, 5.74) is 2.45. The van der Waals surface area contributed by atoms with Crippen molar-refractivity contribution in [3.63, 3.8) is 0 Å². The summed E-state index contributed by atoms with van der Waals surface area (Å²) in [6.45, 7) is 9.27. The molecule has 5 nitrogen and oxygen atoms in total. The lowest BCUT2D eigenvalue weighted by atomic mass is 10.2. The summed E-state index contributed by atoms with van der Waals surface area (Å²) in [6, 6.07) is 11.8. The number of hydrogen-bond acceptors (Lipinski definition) is 3. The van der Waals surface area contributed by atoms with E-state index in [9.17, 15) is 9.18 Å². The highest BCUT2D eigenvalue weighted by Crippen LogP contribution is 2.18. The zero-order valence-corrected chi connectivity index (χ0v) is 17.3. The van der Waals surface area contributed by atoms with E-state index in [0.29, 0.717) is 28.5 Å². The van der Waals surface area contributed by atoms with Crippen LogP contribution >= 0.6 is 12.2 Å². The van der Waals surface area contributed by atoms with Crippen LogP contribution in [0.25, 0.3) is 0 Å². The first kappa shape index (κ1) is 21.8. The second-order valence-electron chi connectivity index (χ2n) is 6.35. The highest BCUT2D eigenvalue weighted by Gasteiger charge is 2.08. The van der Waals surface area contributed by atoms with E-state index in [1.54, 1.807) is 43.3 Å². The van der Waals surface area contributed by atoms with Crippen molar-refractivity contribution >= 4 is 34.6 Å². The summed E-state index contributed by atoms with van der Waals surface area (Å²) in [5, 5.41) is 9.30. The van der Waals surface area contributed by atoms with Gasteiger partial charge < -0.3 is 20.9 Å². The average Bonchev–Trinajstić information content (AvgIpc) is 2.69. The van der Waals surface area contributed by atoms with Crippen molar-refractivity contribution in [3.05, 3.63) is 59.4 Å². The molecule has 0 aliphatic heterocycles. The summed E-state index contributed by atoms with van der Waals surface area (Å²) in [7, 11) is 0. The van der Waals surface area contributed by atoms with Crippen molar-refractivity contribution in [1.29, 1.82) is 0 Å². The van der Waals surface area contributed by atoms with E-state index in [4.69, 9.17) is 12.2 Å². The van der Waals surface area contributed by atoms with E-state index in [-0.39, 0.29) is 11.7 Å². The van der Waals surface area contributed by atoms with Gasteiger partial charge >= 0.3 is 0 Å². The predicted molar refractivity (Wildman–Crippen MR) is 118 cm³/mol. The number of likely N-dealkylation sites (N-methyl/N-ethyl adjacent to an activating group) is 1. The molecule has 0 unspecified atom stereocenters. The van der Waals surface area contributed by atoms with Crippen LogP contribution in [0, 0.1) is 12.7 Å². The van der Waals surface area contributed by atoms with Crippen LogP contribution in [0.5, 0.6) is 0 Å². The van der Waals surface area contributed by atoms with Crippen LogP contribution in [-0.2, 0) is 0 Å². The van der Waals surface area contributed by atoms with Crippen LogP contribution in [0.2, 0.25) is 0 Å². The van der Waals surface area contributed by atoms with E-state index in [1.165, 1.54) is 6.07 Å². The molecule has 1 amide bonds. The Kier molecular flexibility index (Phi) is 8.35. The van der Waals surface area contributed by atoms with Crippen LogP contribution in [-0.4, -0.2) is 42.1 Å². The molecule has 0 heterocycles. The number of rotatable bonds is 8. The van der Waals surface area contributed by atoms with Crippen LogP contribution in [0.1, 0.15) is 29.8 Å². The fourth-order valence-corrected chi connectivity index (χ4v) is 2.93. The maximum atomic E-state index is 13.6. The van der Waals surface area contributed by atoms with Gasteiger partial charge in [-0.3, -0.25) is 4.79 Å². The van der Waals surface area contributed by atoms with Gasteiger partial charge in [0.1, 0.15) is 5.82 Å². The quantitative estimate of drug-likeness (QED) is 0.583. The standard InChI is InChI=1S/C21H27FN4OS/c1-4-26(5-2)14-13-23-20(27)16-9-11-17(12-10-16)24-21(28)25-19-8-6-7-18(22)15(19)3/h6-12H,4-5,13-14H2,1-3H3,(H,23,27)(H2,24,25,28). The summed E-state index contributed by atoms with van der Waals surface area (Å²) in [5.74, 6) is -0.390. The molecule has 28 heavy (non-hydrogen) atoms. The monoisotopic (exact) mass is 402 g/mol. The summed E-state index contributed by atoms with van der Waals surface area (Å²) >= 11 is 5.28. The maximum absolute atomic E-state index is 13.6. The van der Waals surface area contributed by atoms with Crippen molar-refractivity contribution in [2.24, 2.45) is 0 Å². The molecule has 0 radical (unpaired) electrons. The highest BCUT2D eigenvalue weighted by atomic mass is 32.1.